The van der Waals surface area contributed by atoms with Crippen LogP contribution in [0, 0.1) is 0 Å². The Morgan fingerprint density at radius 2 is 2.00 bits per heavy atom. The maximum atomic E-state index is 11.7. The molecule has 1 fully saturated rings. The molecule has 0 aromatic carbocycles. The van der Waals surface area contributed by atoms with Crippen LogP contribution in [0.5, 0.6) is 0 Å². The third-order valence-electron chi connectivity index (χ3n) is 3.42. The van der Waals surface area contributed by atoms with Crippen molar-refractivity contribution in [1.29, 1.82) is 0 Å². The highest BCUT2D eigenvalue weighted by Crippen LogP contribution is 2.24. The molecule has 1 aromatic heterocycles. The number of hydrogen-bond donors (Lipinski definition) is 1. The fourth-order valence-electron chi connectivity index (χ4n) is 2.54. The summed E-state index contributed by atoms with van der Waals surface area (Å²) in [4.78, 5) is 11.7. The standard InChI is InChI=1S/C11H16N2O3/c14-11-9-7-16-6-3-10(9)13(12-11)8-1-4-15-5-2-8/h8H,1-7H2,(H,12,14). The number of nitrogens with one attached hydrogen (secondary N) is 1. The van der Waals surface area contributed by atoms with E-state index in [1.54, 1.807) is 0 Å². The Morgan fingerprint density at radius 3 is 2.81 bits per heavy atom. The van der Waals surface area contributed by atoms with Gasteiger partial charge in [-0.05, 0) is 12.8 Å². The van der Waals surface area contributed by atoms with Crippen LogP contribution in [0.3, 0.4) is 0 Å². The molecule has 5 heteroatoms. The number of hydrogen-bond acceptors (Lipinski definition) is 3. The van der Waals surface area contributed by atoms with Gasteiger partial charge in [-0.1, -0.05) is 0 Å². The number of fused-ring (bicyclic) bond motifs is 1. The summed E-state index contributed by atoms with van der Waals surface area (Å²) in [5, 5.41) is 2.95. The van der Waals surface area contributed by atoms with Gasteiger partial charge in [-0.2, -0.15) is 0 Å². The molecule has 1 N–H and O–H groups in total. The lowest BCUT2D eigenvalue weighted by atomic mass is 10.1. The first-order valence-electron chi connectivity index (χ1n) is 5.84. The van der Waals surface area contributed by atoms with E-state index in [1.165, 1.54) is 0 Å². The number of ether oxygens (including phenoxy) is 2. The SMILES string of the molecule is O=c1[nH]n(C2CCOCC2)c2c1COCC2. The summed E-state index contributed by atoms with van der Waals surface area (Å²) < 4.78 is 12.7. The van der Waals surface area contributed by atoms with Gasteiger partial charge in [-0.25, -0.2) is 0 Å². The number of aromatic amines is 1. The highest BCUT2D eigenvalue weighted by molar-refractivity contribution is 5.19. The van der Waals surface area contributed by atoms with Gasteiger partial charge in [0.2, 0.25) is 0 Å². The summed E-state index contributed by atoms with van der Waals surface area (Å²) in [5.74, 6) is 0. The third-order valence-corrected chi connectivity index (χ3v) is 3.42. The zero-order valence-corrected chi connectivity index (χ0v) is 9.20. The number of rotatable bonds is 1. The minimum atomic E-state index is 0.0150. The topological polar surface area (TPSA) is 56.2 Å². The van der Waals surface area contributed by atoms with Crippen LogP contribution in [0.25, 0.3) is 0 Å². The molecular formula is C11H16N2O3. The zero-order chi connectivity index (χ0) is 11.0. The van der Waals surface area contributed by atoms with Gasteiger partial charge in [0, 0.05) is 25.3 Å². The normalized spacial score (nSPS) is 22.0. The maximum Gasteiger partial charge on any atom is 0.269 e. The van der Waals surface area contributed by atoms with Crippen molar-refractivity contribution in [3.63, 3.8) is 0 Å². The minimum Gasteiger partial charge on any atom is -0.381 e. The quantitative estimate of drug-likeness (QED) is 0.760. The molecule has 88 valence electrons. The van der Waals surface area contributed by atoms with Crippen LogP contribution >= 0.6 is 0 Å². The molecule has 0 unspecified atom stereocenters. The smallest absolute Gasteiger partial charge is 0.269 e. The number of H-pyrrole nitrogens is 1. The predicted molar refractivity (Wildman–Crippen MR) is 57.5 cm³/mol. The van der Waals surface area contributed by atoms with Gasteiger partial charge < -0.3 is 9.47 Å². The van der Waals surface area contributed by atoms with E-state index < -0.39 is 0 Å². The van der Waals surface area contributed by atoms with Crippen molar-refractivity contribution >= 4 is 0 Å². The van der Waals surface area contributed by atoms with Crippen molar-refractivity contribution < 1.29 is 9.47 Å². The van der Waals surface area contributed by atoms with Crippen molar-refractivity contribution in [3.05, 3.63) is 21.6 Å². The molecule has 1 aromatic rings. The fraction of sp³-hybridized carbons (Fsp3) is 0.727. The molecule has 2 aliphatic rings. The molecule has 0 spiro atoms. The molecule has 1 saturated heterocycles. The molecule has 3 rings (SSSR count). The molecule has 3 heterocycles. The van der Waals surface area contributed by atoms with Gasteiger partial charge in [0.05, 0.1) is 24.8 Å². The van der Waals surface area contributed by atoms with E-state index >= 15 is 0 Å². The van der Waals surface area contributed by atoms with E-state index in [0.717, 1.165) is 43.7 Å². The lowest BCUT2D eigenvalue weighted by Gasteiger charge is -2.26. The average Bonchev–Trinajstić information content (AvgIpc) is 2.69. The molecule has 2 aliphatic heterocycles. The molecule has 0 aliphatic carbocycles. The first-order valence-corrected chi connectivity index (χ1v) is 5.84. The first kappa shape index (κ1) is 10.1. The van der Waals surface area contributed by atoms with Crippen LogP contribution in [-0.2, 0) is 22.5 Å². The van der Waals surface area contributed by atoms with Crippen LogP contribution in [-0.4, -0.2) is 29.6 Å². The van der Waals surface area contributed by atoms with Crippen LogP contribution < -0.4 is 5.56 Å². The highest BCUT2D eigenvalue weighted by Gasteiger charge is 2.24. The van der Waals surface area contributed by atoms with Crippen LogP contribution in [0.4, 0.5) is 0 Å². The van der Waals surface area contributed by atoms with Crippen LogP contribution in [0.2, 0.25) is 0 Å². The molecule has 0 saturated carbocycles. The number of nitrogens with zero attached hydrogens (tertiary/aromatic N) is 1. The zero-order valence-electron chi connectivity index (χ0n) is 9.20. The molecule has 0 bridgehead atoms. The number of aromatic nitrogens is 2. The lowest BCUT2D eigenvalue weighted by molar-refractivity contribution is 0.0630. The summed E-state index contributed by atoms with van der Waals surface area (Å²) in [5.41, 5.74) is 1.97. The Balaban J connectivity index is 1.97. The van der Waals surface area contributed by atoms with E-state index in [4.69, 9.17) is 9.47 Å². The third kappa shape index (κ3) is 1.60. The Hall–Kier alpha value is -1.07. The van der Waals surface area contributed by atoms with E-state index in [0.29, 0.717) is 19.3 Å². The van der Waals surface area contributed by atoms with E-state index in [-0.39, 0.29) is 5.56 Å². The molecule has 16 heavy (non-hydrogen) atoms. The van der Waals surface area contributed by atoms with Gasteiger partial charge >= 0.3 is 0 Å². The van der Waals surface area contributed by atoms with E-state index in [9.17, 15) is 4.79 Å². The molecule has 0 atom stereocenters. The van der Waals surface area contributed by atoms with Crippen molar-refractivity contribution in [1.82, 2.24) is 9.78 Å². The van der Waals surface area contributed by atoms with Crippen LogP contribution in [0.15, 0.2) is 4.79 Å². The molecule has 5 nitrogen and oxygen atoms in total. The highest BCUT2D eigenvalue weighted by atomic mass is 16.5. The van der Waals surface area contributed by atoms with Crippen molar-refractivity contribution in [2.75, 3.05) is 19.8 Å². The summed E-state index contributed by atoms with van der Waals surface area (Å²) in [6.45, 7) is 2.75. The van der Waals surface area contributed by atoms with Gasteiger partial charge in [0.25, 0.3) is 5.56 Å². The van der Waals surface area contributed by atoms with Gasteiger partial charge in [0.1, 0.15) is 0 Å². The monoisotopic (exact) mass is 224 g/mol. The molecule has 0 radical (unpaired) electrons. The largest absolute Gasteiger partial charge is 0.381 e. The predicted octanol–water partition coefficient (Wildman–Crippen LogP) is 0.601. The maximum absolute atomic E-state index is 11.7. The molecular weight excluding hydrogens is 208 g/mol. The second-order valence-corrected chi connectivity index (χ2v) is 4.38. The lowest BCUT2D eigenvalue weighted by Crippen LogP contribution is -2.23. The molecule has 0 amide bonds. The Morgan fingerprint density at radius 1 is 1.19 bits per heavy atom. The second kappa shape index (κ2) is 4.07. The summed E-state index contributed by atoms with van der Waals surface area (Å²) in [6.07, 6.45) is 2.81. The average molecular weight is 224 g/mol. The first-order chi connectivity index (χ1) is 7.86. The Bertz CT molecular complexity index is 429. The van der Waals surface area contributed by atoms with Crippen LogP contribution in [0.1, 0.15) is 30.1 Å². The summed E-state index contributed by atoms with van der Waals surface area (Å²) in [7, 11) is 0. The summed E-state index contributed by atoms with van der Waals surface area (Å²) in [6, 6.07) is 0.392. The van der Waals surface area contributed by atoms with Crippen molar-refractivity contribution in [2.45, 2.75) is 31.9 Å². The van der Waals surface area contributed by atoms with Gasteiger partial charge in [-0.3, -0.25) is 14.6 Å². The fourth-order valence-corrected chi connectivity index (χ4v) is 2.54. The minimum absolute atomic E-state index is 0.0150. The van der Waals surface area contributed by atoms with Crippen molar-refractivity contribution in [2.24, 2.45) is 0 Å². The van der Waals surface area contributed by atoms with Crippen molar-refractivity contribution in [3.8, 4) is 0 Å². The Kier molecular flexibility index (Phi) is 2.57. The van der Waals surface area contributed by atoms with Gasteiger partial charge in [0.15, 0.2) is 0 Å². The Labute approximate surface area is 93.3 Å². The second-order valence-electron chi connectivity index (χ2n) is 4.38. The van der Waals surface area contributed by atoms with E-state index in [1.807, 2.05) is 0 Å². The summed E-state index contributed by atoms with van der Waals surface area (Å²) >= 11 is 0. The van der Waals surface area contributed by atoms with E-state index in [2.05, 4.69) is 9.78 Å². The van der Waals surface area contributed by atoms with Gasteiger partial charge in [-0.15, -0.1) is 0 Å².